The van der Waals surface area contributed by atoms with Gasteiger partial charge in [-0.25, -0.2) is 0 Å². The van der Waals surface area contributed by atoms with Crippen LogP contribution in [0.1, 0.15) is 20.8 Å². The van der Waals surface area contributed by atoms with Gasteiger partial charge >= 0.3 is 0 Å². The van der Waals surface area contributed by atoms with Gasteiger partial charge < -0.3 is 10.1 Å². The monoisotopic (exact) mass is 186 g/mol. The third kappa shape index (κ3) is 3.25. The summed E-state index contributed by atoms with van der Waals surface area (Å²) in [6, 6.07) is 1.72. The van der Waals surface area contributed by atoms with Crippen molar-refractivity contribution in [3.05, 3.63) is 0 Å². The zero-order chi connectivity index (χ0) is 9.84. The minimum Gasteiger partial charge on any atom is -0.383 e. The van der Waals surface area contributed by atoms with Crippen molar-refractivity contribution in [2.75, 3.05) is 26.8 Å². The van der Waals surface area contributed by atoms with Crippen LogP contribution < -0.4 is 5.32 Å². The van der Waals surface area contributed by atoms with Gasteiger partial charge in [0.15, 0.2) is 0 Å². The van der Waals surface area contributed by atoms with E-state index in [1.165, 1.54) is 0 Å². The quantitative estimate of drug-likeness (QED) is 0.702. The Hall–Kier alpha value is -0.120. The van der Waals surface area contributed by atoms with E-state index in [2.05, 4.69) is 31.0 Å². The summed E-state index contributed by atoms with van der Waals surface area (Å²) >= 11 is 0. The van der Waals surface area contributed by atoms with Crippen LogP contribution in [0.2, 0.25) is 0 Å². The Kier molecular flexibility index (Phi) is 4.16. The number of hydrogen-bond donors (Lipinski definition) is 1. The fourth-order valence-electron chi connectivity index (χ4n) is 1.94. The van der Waals surface area contributed by atoms with Crippen molar-refractivity contribution in [1.82, 2.24) is 10.2 Å². The van der Waals surface area contributed by atoms with Crippen LogP contribution in [-0.2, 0) is 4.74 Å². The van der Waals surface area contributed by atoms with Crippen molar-refractivity contribution in [3.63, 3.8) is 0 Å². The number of ether oxygens (including phenoxy) is 1. The summed E-state index contributed by atoms with van der Waals surface area (Å²) in [7, 11) is 1.76. The Morgan fingerprint density at radius 3 is 2.69 bits per heavy atom. The van der Waals surface area contributed by atoms with Crippen molar-refractivity contribution in [2.24, 2.45) is 0 Å². The molecule has 0 amide bonds. The Morgan fingerprint density at radius 1 is 1.46 bits per heavy atom. The molecule has 1 saturated heterocycles. The standard InChI is InChI=1S/C10H22N2O/c1-8(2)12-5-9(3)11-10(6-12)7-13-4/h8-11H,5-7H2,1-4H3/t9-,10+/m0/s1. The molecule has 0 aromatic carbocycles. The highest BCUT2D eigenvalue weighted by molar-refractivity contribution is 4.84. The van der Waals surface area contributed by atoms with Crippen LogP contribution in [0.25, 0.3) is 0 Å². The molecule has 3 heteroatoms. The Balaban J connectivity index is 2.42. The van der Waals surface area contributed by atoms with Crippen LogP contribution in [0.3, 0.4) is 0 Å². The van der Waals surface area contributed by atoms with Crippen LogP contribution in [-0.4, -0.2) is 49.8 Å². The largest absolute Gasteiger partial charge is 0.383 e. The van der Waals surface area contributed by atoms with E-state index in [1.54, 1.807) is 7.11 Å². The lowest BCUT2D eigenvalue weighted by atomic mass is 10.1. The number of nitrogens with zero attached hydrogens (tertiary/aromatic N) is 1. The first kappa shape index (κ1) is 11.0. The van der Waals surface area contributed by atoms with Gasteiger partial charge in [0.25, 0.3) is 0 Å². The van der Waals surface area contributed by atoms with Crippen LogP contribution in [0.4, 0.5) is 0 Å². The van der Waals surface area contributed by atoms with Crippen molar-refractivity contribution >= 4 is 0 Å². The average Bonchev–Trinajstić information content (AvgIpc) is 2.03. The number of hydrogen-bond acceptors (Lipinski definition) is 3. The highest BCUT2D eigenvalue weighted by Gasteiger charge is 2.24. The lowest BCUT2D eigenvalue weighted by molar-refractivity contribution is 0.0827. The van der Waals surface area contributed by atoms with E-state index in [0.717, 1.165) is 19.7 Å². The molecule has 1 N–H and O–H groups in total. The zero-order valence-electron chi connectivity index (χ0n) is 9.21. The van der Waals surface area contributed by atoms with Crippen LogP contribution in [0.15, 0.2) is 0 Å². The van der Waals surface area contributed by atoms with Gasteiger partial charge in [0, 0.05) is 38.3 Å². The molecule has 1 aliphatic rings. The molecular formula is C10H22N2O. The van der Waals surface area contributed by atoms with E-state index < -0.39 is 0 Å². The number of piperazine rings is 1. The highest BCUT2D eigenvalue weighted by Crippen LogP contribution is 2.08. The molecule has 0 spiro atoms. The first-order valence-corrected chi connectivity index (χ1v) is 5.12. The molecule has 3 nitrogen and oxygen atoms in total. The van der Waals surface area contributed by atoms with Gasteiger partial charge in [0.2, 0.25) is 0 Å². The molecule has 78 valence electrons. The molecular weight excluding hydrogens is 164 g/mol. The summed E-state index contributed by atoms with van der Waals surface area (Å²) in [5.74, 6) is 0. The van der Waals surface area contributed by atoms with E-state index in [1.807, 2.05) is 0 Å². The molecule has 0 bridgehead atoms. The molecule has 1 aliphatic heterocycles. The molecule has 0 radical (unpaired) electrons. The molecule has 1 heterocycles. The number of nitrogens with one attached hydrogen (secondary N) is 1. The van der Waals surface area contributed by atoms with E-state index in [9.17, 15) is 0 Å². The van der Waals surface area contributed by atoms with Crippen LogP contribution in [0.5, 0.6) is 0 Å². The second-order valence-corrected chi connectivity index (χ2v) is 4.27. The van der Waals surface area contributed by atoms with Crippen LogP contribution >= 0.6 is 0 Å². The first-order valence-electron chi connectivity index (χ1n) is 5.12. The molecule has 0 aromatic rings. The zero-order valence-corrected chi connectivity index (χ0v) is 9.21. The van der Waals surface area contributed by atoms with Gasteiger partial charge in [0.1, 0.15) is 0 Å². The second-order valence-electron chi connectivity index (χ2n) is 4.27. The smallest absolute Gasteiger partial charge is 0.0628 e. The Labute approximate surface area is 81.4 Å². The molecule has 0 saturated carbocycles. The Bertz CT molecular complexity index is 150. The van der Waals surface area contributed by atoms with Crippen molar-refractivity contribution in [1.29, 1.82) is 0 Å². The van der Waals surface area contributed by atoms with Gasteiger partial charge in [-0.2, -0.15) is 0 Å². The second kappa shape index (κ2) is 4.94. The Morgan fingerprint density at radius 2 is 2.15 bits per heavy atom. The molecule has 1 rings (SSSR count). The fraction of sp³-hybridized carbons (Fsp3) is 1.00. The maximum atomic E-state index is 5.17. The van der Waals surface area contributed by atoms with Crippen LogP contribution in [0, 0.1) is 0 Å². The number of methoxy groups -OCH3 is 1. The summed E-state index contributed by atoms with van der Waals surface area (Å²) in [5, 5.41) is 3.54. The summed E-state index contributed by atoms with van der Waals surface area (Å²) in [6.45, 7) is 9.81. The summed E-state index contributed by atoms with van der Waals surface area (Å²) < 4.78 is 5.17. The normalized spacial score (nSPS) is 31.2. The van der Waals surface area contributed by atoms with E-state index >= 15 is 0 Å². The van der Waals surface area contributed by atoms with E-state index in [0.29, 0.717) is 18.1 Å². The summed E-state index contributed by atoms with van der Waals surface area (Å²) in [4.78, 5) is 2.50. The summed E-state index contributed by atoms with van der Waals surface area (Å²) in [6.07, 6.45) is 0. The molecule has 0 aromatic heterocycles. The molecule has 13 heavy (non-hydrogen) atoms. The van der Waals surface area contributed by atoms with Crippen molar-refractivity contribution in [2.45, 2.75) is 38.9 Å². The van der Waals surface area contributed by atoms with Crippen molar-refractivity contribution < 1.29 is 4.74 Å². The van der Waals surface area contributed by atoms with Gasteiger partial charge in [0.05, 0.1) is 6.61 Å². The predicted octanol–water partition coefficient (Wildman–Crippen LogP) is 0.703. The van der Waals surface area contributed by atoms with E-state index in [-0.39, 0.29) is 0 Å². The minimum atomic E-state index is 0.496. The maximum Gasteiger partial charge on any atom is 0.0628 e. The first-order chi connectivity index (χ1) is 6.13. The lowest BCUT2D eigenvalue weighted by Gasteiger charge is -2.39. The summed E-state index contributed by atoms with van der Waals surface area (Å²) in [5.41, 5.74) is 0. The molecule has 1 fully saturated rings. The lowest BCUT2D eigenvalue weighted by Crippen LogP contribution is -2.58. The molecule has 2 atom stereocenters. The average molecular weight is 186 g/mol. The van der Waals surface area contributed by atoms with Gasteiger partial charge in [-0.15, -0.1) is 0 Å². The third-order valence-corrected chi connectivity index (χ3v) is 2.58. The number of rotatable bonds is 3. The molecule has 0 unspecified atom stereocenters. The molecule has 0 aliphatic carbocycles. The minimum absolute atomic E-state index is 0.496. The fourth-order valence-corrected chi connectivity index (χ4v) is 1.94. The third-order valence-electron chi connectivity index (χ3n) is 2.58. The maximum absolute atomic E-state index is 5.17. The van der Waals surface area contributed by atoms with Gasteiger partial charge in [-0.3, -0.25) is 4.90 Å². The topological polar surface area (TPSA) is 24.5 Å². The SMILES string of the molecule is COC[C@H]1CN(C(C)C)C[C@H](C)N1. The predicted molar refractivity (Wildman–Crippen MR) is 55.0 cm³/mol. The van der Waals surface area contributed by atoms with Gasteiger partial charge in [-0.1, -0.05) is 0 Å². The van der Waals surface area contributed by atoms with Gasteiger partial charge in [-0.05, 0) is 20.8 Å². The highest BCUT2D eigenvalue weighted by atomic mass is 16.5. The van der Waals surface area contributed by atoms with Crippen molar-refractivity contribution in [3.8, 4) is 0 Å². The van der Waals surface area contributed by atoms with E-state index in [4.69, 9.17) is 4.74 Å².